The van der Waals surface area contributed by atoms with E-state index in [0.717, 1.165) is 40.4 Å². The number of hydrogen-bond acceptors (Lipinski definition) is 4. The number of pyridine rings is 1. The Morgan fingerprint density at radius 2 is 1.82 bits per heavy atom. The monoisotopic (exact) mass is 539 g/mol. The van der Waals surface area contributed by atoms with Crippen LogP contribution in [0.3, 0.4) is 0 Å². The molecular weight excluding hydrogens is 506 g/mol. The SMILES string of the molecule is CCc1ccc(-n2c(C)cc([C@H]3[C@@H](c4ccccn4)NC(=S)N3c3ccc(OC)c(NC(C)=O)c3)c2C)cc1. The average Bonchev–Trinajstić information content (AvgIpc) is 3.43. The van der Waals surface area contributed by atoms with Gasteiger partial charge in [-0.3, -0.25) is 9.78 Å². The van der Waals surface area contributed by atoms with Gasteiger partial charge in [0.05, 0.1) is 30.6 Å². The van der Waals surface area contributed by atoms with Crippen molar-refractivity contribution in [1.82, 2.24) is 14.9 Å². The summed E-state index contributed by atoms with van der Waals surface area (Å²) < 4.78 is 7.79. The van der Waals surface area contributed by atoms with Gasteiger partial charge in [0.1, 0.15) is 5.75 Å². The van der Waals surface area contributed by atoms with Gasteiger partial charge in [0.25, 0.3) is 0 Å². The van der Waals surface area contributed by atoms with Crippen LogP contribution in [0.5, 0.6) is 5.75 Å². The molecule has 3 heterocycles. The second kappa shape index (κ2) is 10.9. The zero-order valence-corrected chi connectivity index (χ0v) is 23.7. The largest absolute Gasteiger partial charge is 0.495 e. The first kappa shape index (κ1) is 26.4. The molecular formula is C31H33N5O2S. The number of nitrogens with zero attached hydrogens (tertiary/aromatic N) is 3. The summed E-state index contributed by atoms with van der Waals surface area (Å²) in [6, 6.07) is 22.3. The summed E-state index contributed by atoms with van der Waals surface area (Å²) in [4.78, 5) is 18.7. The Labute approximate surface area is 234 Å². The van der Waals surface area contributed by atoms with Gasteiger partial charge in [-0.1, -0.05) is 25.1 Å². The van der Waals surface area contributed by atoms with Crippen LogP contribution in [0, 0.1) is 13.8 Å². The molecule has 200 valence electrons. The van der Waals surface area contributed by atoms with Gasteiger partial charge in [0.15, 0.2) is 5.11 Å². The van der Waals surface area contributed by atoms with Crippen molar-refractivity contribution in [3.05, 3.63) is 101 Å². The van der Waals surface area contributed by atoms with Crippen molar-refractivity contribution < 1.29 is 9.53 Å². The van der Waals surface area contributed by atoms with Crippen molar-refractivity contribution in [2.24, 2.45) is 0 Å². The Morgan fingerprint density at radius 1 is 1.08 bits per heavy atom. The van der Waals surface area contributed by atoms with E-state index in [1.807, 2.05) is 36.4 Å². The maximum absolute atomic E-state index is 11.9. The van der Waals surface area contributed by atoms with Crippen LogP contribution in [0.2, 0.25) is 0 Å². The fourth-order valence-corrected chi connectivity index (χ4v) is 5.79. The Balaban J connectivity index is 1.66. The number of carbonyl (C=O) groups excluding carboxylic acids is 1. The highest BCUT2D eigenvalue weighted by atomic mass is 32.1. The molecule has 2 N–H and O–H groups in total. The number of amides is 1. The minimum Gasteiger partial charge on any atom is -0.495 e. The van der Waals surface area contributed by atoms with Crippen LogP contribution in [-0.2, 0) is 11.2 Å². The number of hydrogen-bond donors (Lipinski definition) is 2. The van der Waals surface area contributed by atoms with Gasteiger partial charge in [0.2, 0.25) is 5.91 Å². The molecule has 2 aromatic heterocycles. The molecule has 0 unspecified atom stereocenters. The summed E-state index contributed by atoms with van der Waals surface area (Å²) in [6.07, 6.45) is 2.81. The predicted molar refractivity (Wildman–Crippen MR) is 160 cm³/mol. The van der Waals surface area contributed by atoms with Crippen LogP contribution in [0.25, 0.3) is 5.69 Å². The molecule has 7 nitrogen and oxygen atoms in total. The number of methoxy groups -OCH3 is 1. The molecule has 0 spiro atoms. The Bertz CT molecular complexity index is 1510. The van der Waals surface area contributed by atoms with E-state index < -0.39 is 0 Å². The van der Waals surface area contributed by atoms with Gasteiger partial charge in [-0.2, -0.15) is 0 Å². The lowest BCUT2D eigenvalue weighted by atomic mass is 9.96. The van der Waals surface area contributed by atoms with Gasteiger partial charge < -0.3 is 24.8 Å². The van der Waals surface area contributed by atoms with Crippen LogP contribution in [0.15, 0.2) is 72.9 Å². The number of rotatable bonds is 7. The first-order chi connectivity index (χ1) is 18.8. The van der Waals surface area contributed by atoms with E-state index in [9.17, 15) is 4.79 Å². The Hall–Kier alpha value is -4.17. The van der Waals surface area contributed by atoms with E-state index in [1.54, 1.807) is 13.3 Å². The van der Waals surface area contributed by atoms with E-state index in [0.29, 0.717) is 16.5 Å². The molecule has 1 aliphatic heterocycles. The van der Waals surface area contributed by atoms with Crippen molar-refractivity contribution in [2.45, 2.75) is 46.2 Å². The second-order valence-corrected chi connectivity index (χ2v) is 10.1. The predicted octanol–water partition coefficient (Wildman–Crippen LogP) is 6.20. The van der Waals surface area contributed by atoms with Gasteiger partial charge in [-0.25, -0.2) is 0 Å². The summed E-state index contributed by atoms with van der Waals surface area (Å²) in [5.74, 6) is 0.409. The van der Waals surface area contributed by atoms with E-state index in [-0.39, 0.29) is 18.0 Å². The first-order valence-electron chi connectivity index (χ1n) is 13.1. The summed E-state index contributed by atoms with van der Waals surface area (Å²) in [7, 11) is 1.59. The summed E-state index contributed by atoms with van der Waals surface area (Å²) in [6.45, 7) is 7.93. The van der Waals surface area contributed by atoms with Crippen LogP contribution in [0.1, 0.15) is 54.1 Å². The molecule has 0 saturated carbocycles. The highest BCUT2D eigenvalue weighted by molar-refractivity contribution is 7.80. The molecule has 2 aromatic carbocycles. The summed E-state index contributed by atoms with van der Waals surface area (Å²) >= 11 is 5.93. The molecule has 0 radical (unpaired) electrons. The van der Waals surface area contributed by atoms with E-state index in [4.69, 9.17) is 17.0 Å². The zero-order chi connectivity index (χ0) is 27.7. The fraction of sp³-hybridized carbons (Fsp3) is 0.258. The average molecular weight is 540 g/mol. The maximum atomic E-state index is 11.9. The molecule has 4 aromatic rings. The van der Waals surface area contributed by atoms with Crippen molar-refractivity contribution in [3.63, 3.8) is 0 Å². The van der Waals surface area contributed by atoms with Gasteiger partial charge >= 0.3 is 0 Å². The first-order valence-corrected chi connectivity index (χ1v) is 13.5. The van der Waals surface area contributed by atoms with Crippen LogP contribution < -0.4 is 20.3 Å². The van der Waals surface area contributed by atoms with Crippen LogP contribution in [-0.4, -0.2) is 27.7 Å². The molecule has 1 aliphatic rings. The number of anilines is 2. The van der Waals surface area contributed by atoms with Crippen molar-refractivity contribution in [2.75, 3.05) is 17.3 Å². The molecule has 39 heavy (non-hydrogen) atoms. The van der Waals surface area contributed by atoms with E-state index in [1.165, 1.54) is 12.5 Å². The molecule has 8 heteroatoms. The zero-order valence-electron chi connectivity index (χ0n) is 22.9. The molecule has 0 aliphatic carbocycles. The number of thiocarbonyl (C=S) groups is 1. The highest BCUT2D eigenvalue weighted by Gasteiger charge is 2.42. The number of benzene rings is 2. The number of aromatic nitrogens is 2. The second-order valence-electron chi connectivity index (χ2n) is 9.74. The fourth-order valence-electron chi connectivity index (χ4n) is 5.45. The van der Waals surface area contributed by atoms with E-state index in [2.05, 4.69) is 76.2 Å². The summed E-state index contributed by atoms with van der Waals surface area (Å²) in [5, 5.41) is 7.01. The van der Waals surface area contributed by atoms with Gasteiger partial charge in [-0.05, 0) is 92.1 Å². The standard InChI is InChI=1S/C31H33N5O2S/c1-6-22-10-12-23(13-11-22)35-19(2)17-25(20(35)3)30-29(26-9-7-8-16-32-26)34-31(39)36(30)24-14-15-28(38-5)27(18-24)33-21(4)37/h7-18,29-30H,6H2,1-5H3,(H,33,37)(H,34,39)/t29-,30+/m1/s1. The molecule has 1 fully saturated rings. The molecule has 0 bridgehead atoms. The number of nitrogens with one attached hydrogen (secondary N) is 2. The van der Waals surface area contributed by atoms with Gasteiger partial charge in [-0.15, -0.1) is 0 Å². The number of ether oxygens (including phenoxy) is 1. The molecule has 1 amide bonds. The third-order valence-electron chi connectivity index (χ3n) is 7.26. The van der Waals surface area contributed by atoms with Crippen LogP contribution >= 0.6 is 12.2 Å². The third kappa shape index (κ3) is 5.00. The minimum absolute atomic E-state index is 0.173. The topological polar surface area (TPSA) is 71.4 Å². The third-order valence-corrected chi connectivity index (χ3v) is 7.58. The Kier molecular flexibility index (Phi) is 7.39. The maximum Gasteiger partial charge on any atom is 0.221 e. The van der Waals surface area contributed by atoms with E-state index >= 15 is 0 Å². The lowest BCUT2D eigenvalue weighted by Crippen LogP contribution is -2.29. The highest BCUT2D eigenvalue weighted by Crippen LogP contribution is 2.45. The molecule has 5 rings (SSSR count). The normalized spacial score (nSPS) is 16.7. The summed E-state index contributed by atoms with van der Waals surface area (Å²) in [5.41, 5.74) is 8.19. The molecule has 2 atom stereocenters. The number of aryl methyl sites for hydroxylation is 2. The quantitative estimate of drug-likeness (QED) is 0.273. The van der Waals surface area contributed by atoms with Crippen molar-refractivity contribution in [1.29, 1.82) is 0 Å². The van der Waals surface area contributed by atoms with Crippen molar-refractivity contribution >= 4 is 34.6 Å². The Morgan fingerprint density at radius 3 is 2.46 bits per heavy atom. The van der Waals surface area contributed by atoms with Gasteiger partial charge in [0, 0.05) is 35.9 Å². The van der Waals surface area contributed by atoms with Crippen LogP contribution in [0.4, 0.5) is 11.4 Å². The lowest BCUT2D eigenvalue weighted by molar-refractivity contribution is -0.114. The minimum atomic E-state index is -0.180. The number of carbonyl (C=O) groups is 1. The molecule has 1 saturated heterocycles. The van der Waals surface area contributed by atoms with Crippen molar-refractivity contribution in [3.8, 4) is 11.4 Å². The lowest BCUT2D eigenvalue weighted by Gasteiger charge is -2.29. The smallest absolute Gasteiger partial charge is 0.221 e.